The number of likely N-dealkylation sites (N-methyl/N-ethyl adjacent to an activating group) is 1. The molecular formula is C18H22N2O4. The van der Waals surface area contributed by atoms with Gasteiger partial charge in [0.1, 0.15) is 0 Å². The Morgan fingerprint density at radius 1 is 1.21 bits per heavy atom. The first-order valence-electron chi connectivity index (χ1n) is 8.51. The van der Waals surface area contributed by atoms with E-state index in [-0.39, 0.29) is 11.8 Å². The van der Waals surface area contributed by atoms with Crippen LogP contribution in [0.15, 0.2) is 18.2 Å². The summed E-state index contributed by atoms with van der Waals surface area (Å²) in [4.78, 5) is 27.9. The van der Waals surface area contributed by atoms with Crippen molar-refractivity contribution in [2.24, 2.45) is 11.8 Å². The minimum atomic E-state index is -1.37. The lowest BCUT2D eigenvalue weighted by molar-refractivity contribution is -0.156. The quantitative estimate of drug-likeness (QED) is 0.812. The summed E-state index contributed by atoms with van der Waals surface area (Å²) >= 11 is 0. The molecule has 0 saturated carbocycles. The molecule has 3 aliphatic rings. The lowest BCUT2D eigenvalue weighted by Gasteiger charge is -2.50. The van der Waals surface area contributed by atoms with Crippen molar-refractivity contribution in [2.75, 3.05) is 31.6 Å². The number of fused-ring (bicyclic) bond motifs is 2. The van der Waals surface area contributed by atoms with Crippen LogP contribution in [0.2, 0.25) is 0 Å². The summed E-state index contributed by atoms with van der Waals surface area (Å²) in [5, 5.41) is 19.2. The molecule has 6 nitrogen and oxygen atoms in total. The Labute approximate surface area is 140 Å². The summed E-state index contributed by atoms with van der Waals surface area (Å²) in [6.45, 7) is 2.46. The molecule has 0 aliphatic carbocycles. The zero-order chi connectivity index (χ0) is 17.0. The van der Waals surface area contributed by atoms with E-state index < -0.39 is 23.9 Å². The Kier molecular flexibility index (Phi) is 3.53. The van der Waals surface area contributed by atoms with E-state index in [1.165, 1.54) is 11.1 Å². The number of nitrogens with zero attached hydrogens (tertiary/aromatic N) is 2. The fraction of sp³-hybridized carbons (Fsp3) is 0.556. The van der Waals surface area contributed by atoms with Gasteiger partial charge in [-0.15, -0.1) is 0 Å². The number of carboxylic acid groups (broad SMARTS) is 2. The molecule has 0 amide bonds. The van der Waals surface area contributed by atoms with Crippen LogP contribution < -0.4 is 4.90 Å². The van der Waals surface area contributed by atoms with Crippen LogP contribution in [0.3, 0.4) is 0 Å². The van der Waals surface area contributed by atoms with Crippen LogP contribution in [0, 0.1) is 11.8 Å². The SMILES string of the molecule is CN1CCC2[C@@H](C(C(=O)O)C(=O)O)N3CCc4cccc(c43)[C@@H]2C1. The third-order valence-corrected chi connectivity index (χ3v) is 6.00. The highest BCUT2D eigenvalue weighted by molar-refractivity contribution is 5.95. The van der Waals surface area contributed by atoms with E-state index in [4.69, 9.17) is 0 Å². The summed E-state index contributed by atoms with van der Waals surface area (Å²) < 4.78 is 0. The average Bonchev–Trinajstić information content (AvgIpc) is 2.95. The first-order valence-corrected chi connectivity index (χ1v) is 8.51. The van der Waals surface area contributed by atoms with Crippen molar-refractivity contribution >= 4 is 17.6 Å². The molecule has 1 unspecified atom stereocenters. The van der Waals surface area contributed by atoms with E-state index in [1.807, 2.05) is 0 Å². The van der Waals surface area contributed by atoms with Gasteiger partial charge in [0.25, 0.3) is 0 Å². The minimum Gasteiger partial charge on any atom is -0.481 e. The van der Waals surface area contributed by atoms with Gasteiger partial charge in [0.05, 0.1) is 6.04 Å². The van der Waals surface area contributed by atoms with Gasteiger partial charge in [0.15, 0.2) is 5.92 Å². The summed E-state index contributed by atoms with van der Waals surface area (Å²) in [5.74, 6) is -3.55. The van der Waals surface area contributed by atoms with Crippen LogP contribution in [0.5, 0.6) is 0 Å². The number of piperidine rings is 1. The van der Waals surface area contributed by atoms with Crippen molar-refractivity contribution in [1.82, 2.24) is 4.90 Å². The fourth-order valence-corrected chi connectivity index (χ4v) is 5.04. The summed E-state index contributed by atoms with van der Waals surface area (Å²) in [6.07, 6.45) is 1.70. The van der Waals surface area contributed by atoms with Crippen LogP contribution >= 0.6 is 0 Å². The number of hydrogen-bond donors (Lipinski definition) is 2. The first kappa shape index (κ1) is 15.4. The molecule has 0 spiro atoms. The third kappa shape index (κ3) is 2.13. The van der Waals surface area contributed by atoms with Gasteiger partial charge in [-0.3, -0.25) is 9.59 Å². The Morgan fingerprint density at radius 3 is 2.67 bits per heavy atom. The van der Waals surface area contributed by atoms with E-state index in [2.05, 4.69) is 35.0 Å². The summed E-state index contributed by atoms with van der Waals surface area (Å²) in [7, 11) is 2.08. The molecule has 3 atom stereocenters. The molecule has 6 heteroatoms. The molecule has 1 aromatic carbocycles. The molecule has 1 aromatic rings. The Morgan fingerprint density at radius 2 is 1.96 bits per heavy atom. The van der Waals surface area contributed by atoms with Gasteiger partial charge in [-0.25, -0.2) is 0 Å². The Hall–Kier alpha value is -2.08. The van der Waals surface area contributed by atoms with Crippen LogP contribution in [-0.2, 0) is 16.0 Å². The van der Waals surface area contributed by atoms with Gasteiger partial charge in [-0.1, -0.05) is 18.2 Å². The van der Waals surface area contributed by atoms with Crippen LogP contribution in [0.25, 0.3) is 0 Å². The van der Waals surface area contributed by atoms with Gasteiger partial charge in [0.2, 0.25) is 0 Å². The predicted octanol–water partition coefficient (Wildman–Crippen LogP) is 1.25. The van der Waals surface area contributed by atoms with E-state index in [9.17, 15) is 19.8 Å². The highest BCUT2D eigenvalue weighted by atomic mass is 16.4. The number of aliphatic carboxylic acids is 2. The molecule has 0 aromatic heterocycles. The molecule has 3 aliphatic heterocycles. The van der Waals surface area contributed by atoms with Gasteiger partial charge >= 0.3 is 11.9 Å². The number of carboxylic acids is 2. The molecule has 4 rings (SSSR count). The monoisotopic (exact) mass is 330 g/mol. The van der Waals surface area contributed by atoms with Crippen LogP contribution in [0.1, 0.15) is 23.5 Å². The van der Waals surface area contributed by atoms with Gasteiger partial charge < -0.3 is 20.0 Å². The largest absolute Gasteiger partial charge is 0.481 e. The van der Waals surface area contributed by atoms with Crippen molar-refractivity contribution in [2.45, 2.75) is 24.8 Å². The molecule has 3 heterocycles. The maximum absolute atomic E-state index is 11.8. The zero-order valence-corrected chi connectivity index (χ0v) is 13.7. The number of hydrogen-bond acceptors (Lipinski definition) is 4. The molecular weight excluding hydrogens is 308 g/mol. The average molecular weight is 330 g/mol. The molecule has 128 valence electrons. The second-order valence-corrected chi connectivity index (χ2v) is 7.26. The molecule has 1 saturated heterocycles. The number of anilines is 1. The standard InChI is InChI=1S/C18H22N2O4/c1-19-7-6-12-13(9-19)11-4-2-3-10-5-8-20(15(10)11)16(12)14(17(21)22)18(23)24/h2-4,12-14,16H,5-9H2,1H3,(H,21,22)(H,23,24)/t12?,13-,16-/m0/s1. The minimum absolute atomic E-state index is 0.0687. The Balaban J connectivity index is 1.86. The number of likely N-dealkylation sites (tertiary alicyclic amines) is 1. The second kappa shape index (κ2) is 5.48. The van der Waals surface area contributed by atoms with Crippen molar-refractivity contribution in [3.05, 3.63) is 29.3 Å². The number of para-hydroxylation sites is 1. The van der Waals surface area contributed by atoms with Crippen LogP contribution in [0.4, 0.5) is 5.69 Å². The number of benzene rings is 1. The van der Waals surface area contributed by atoms with Crippen molar-refractivity contribution in [3.63, 3.8) is 0 Å². The topological polar surface area (TPSA) is 81.1 Å². The van der Waals surface area contributed by atoms with E-state index in [1.54, 1.807) is 0 Å². The molecule has 0 radical (unpaired) electrons. The first-order chi connectivity index (χ1) is 11.5. The number of rotatable bonds is 3. The lowest BCUT2D eigenvalue weighted by Crippen LogP contribution is -2.57. The molecule has 24 heavy (non-hydrogen) atoms. The smallest absolute Gasteiger partial charge is 0.320 e. The van der Waals surface area contributed by atoms with Gasteiger partial charge in [-0.2, -0.15) is 0 Å². The maximum Gasteiger partial charge on any atom is 0.320 e. The predicted molar refractivity (Wildman–Crippen MR) is 88.4 cm³/mol. The molecule has 2 N–H and O–H groups in total. The maximum atomic E-state index is 11.8. The number of carbonyl (C=O) groups is 2. The molecule has 0 bridgehead atoms. The van der Waals surface area contributed by atoms with Crippen molar-refractivity contribution < 1.29 is 19.8 Å². The highest BCUT2D eigenvalue weighted by Crippen LogP contribution is 2.51. The van der Waals surface area contributed by atoms with Crippen molar-refractivity contribution in [3.8, 4) is 0 Å². The lowest BCUT2D eigenvalue weighted by atomic mass is 9.69. The summed E-state index contributed by atoms with van der Waals surface area (Å²) in [5.41, 5.74) is 3.59. The highest BCUT2D eigenvalue weighted by Gasteiger charge is 2.52. The van der Waals surface area contributed by atoms with Crippen molar-refractivity contribution in [1.29, 1.82) is 0 Å². The normalized spacial score (nSPS) is 28.6. The van der Waals surface area contributed by atoms with E-state index in [0.29, 0.717) is 6.54 Å². The van der Waals surface area contributed by atoms with E-state index in [0.717, 1.165) is 31.6 Å². The van der Waals surface area contributed by atoms with E-state index >= 15 is 0 Å². The van der Waals surface area contributed by atoms with Gasteiger partial charge in [0, 0.05) is 24.7 Å². The van der Waals surface area contributed by atoms with Gasteiger partial charge in [-0.05, 0) is 43.5 Å². The summed E-state index contributed by atoms with van der Waals surface area (Å²) in [6, 6.07) is 5.84. The fourth-order valence-electron chi connectivity index (χ4n) is 5.04. The van der Waals surface area contributed by atoms with Crippen LogP contribution in [-0.4, -0.2) is 59.8 Å². The second-order valence-electron chi connectivity index (χ2n) is 7.26. The third-order valence-electron chi connectivity index (χ3n) is 6.00. The Bertz CT molecular complexity index is 690. The zero-order valence-electron chi connectivity index (χ0n) is 13.7. The molecule has 1 fully saturated rings.